The van der Waals surface area contributed by atoms with E-state index < -0.39 is 11.6 Å². The number of hydrogen-bond acceptors (Lipinski definition) is 2. The average molecular weight is 284 g/mol. The Bertz CT molecular complexity index is 383. The Morgan fingerprint density at radius 2 is 1.70 bits per heavy atom. The van der Waals surface area contributed by atoms with Gasteiger partial charge in [0.1, 0.15) is 0 Å². The van der Waals surface area contributed by atoms with Crippen LogP contribution < -0.4 is 11.3 Å². The summed E-state index contributed by atoms with van der Waals surface area (Å²) in [5.74, 6) is 3.85. The fourth-order valence-electron chi connectivity index (χ4n) is 2.42. The lowest BCUT2D eigenvalue weighted by atomic mass is 9.99. The van der Waals surface area contributed by atoms with Crippen molar-refractivity contribution < 1.29 is 8.78 Å². The van der Waals surface area contributed by atoms with Crippen molar-refractivity contribution in [2.75, 3.05) is 0 Å². The van der Waals surface area contributed by atoms with Crippen LogP contribution in [0.25, 0.3) is 0 Å². The smallest absolute Gasteiger partial charge is 0.163 e. The molecule has 20 heavy (non-hydrogen) atoms. The van der Waals surface area contributed by atoms with Crippen LogP contribution in [0.5, 0.6) is 0 Å². The molecule has 1 aromatic carbocycles. The maximum Gasteiger partial charge on any atom is 0.163 e. The fourth-order valence-corrected chi connectivity index (χ4v) is 2.42. The van der Waals surface area contributed by atoms with Crippen LogP contribution in [0.1, 0.15) is 69.9 Å². The van der Waals surface area contributed by atoms with E-state index in [-0.39, 0.29) is 6.04 Å². The Kier molecular flexibility index (Phi) is 8.38. The Balaban J connectivity index is 2.34. The number of halogens is 2. The van der Waals surface area contributed by atoms with Crippen LogP contribution in [0.15, 0.2) is 18.2 Å². The number of nitrogens with one attached hydrogen (secondary N) is 1. The van der Waals surface area contributed by atoms with Gasteiger partial charge in [-0.05, 0) is 12.5 Å². The van der Waals surface area contributed by atoms with Crippen LogP contribution in [0.4, 0.5) is 8.78 Å². The summed E-state index contributed by atoms with van der Waals surface area (Å²) in [6.45, 7) is 2.20. The van der Waals surface area contributed by atoms with E-state index in [1.165, 1.54) is 38.2 Å². The third-order valence-corrected chi connectivity index (χ3v) is 3.65. The Hall–Kier alpha value is -1.00. The van der Waals surface area contributed by atoms with Crippen molar-refractivity contribution in [1.29, 1.82) is 0 Å². The average Bonchev–Trinajstić information content (AvgIpc) is 2.46. The lowest BCUT2D eigenvalue weighted by molar-refractivity contribution is 0.436. The zero-order valence-electron chi connectivity index (χ0n) is 12.3. The van der Waals surface area contributed by atoms with Gasteiger partial charge in [0.2, 0.25) is 0 Å². The van der Waals surface area contributed by atoms with E-state index in [2.05, 4.69) is 12.3 Å². The lowest BCUT2D eigenvalue weighted by Crippen LogP contribution is -2.28. The number of nitrogens with two attached hydrogens (primary N) is 1. The molecule has 0 radical (unpaired) electrons. The highest BCUT2D eigenvalue weighted by Gasteiger charge is 2.16. The normalized spacial score (nSPS) is 12.6. The Morgan fingerprint density at radius 1 is 1.05 bits per heavy atom. The van der Waals surface area contributed by atoms with E-state index in [0.717, 1.165) is 25.3 Å². The van der Waals surface area contributed by atoms with Crippen molar-refractivity contribution in [2.24, 2.45) is 5.84 Å². The van der Waals surface area contributed by atoms with Gasteiger partial charge in [0.25, 0.3) is 0 Å². The van der Waals surface area contributed by atoms with E-state index in [1.54, 1.807) is 6.07 Å². The fraction of sp³-hybridized carbons (Fsp3) is 0.625. The molecule has 0 heterocycles. The van der Waals surface area contributed by atoms with Crippen LogP contribution >= 0.6 is 0 Å². The summed E-state index contributed by atoms with van der Waals surface area (Å²) in [7, 11) is 0. The minimum Gasteiger partial charge on any atom is -0.271 e. The van der Waals surface area contributed by atoms with E-state index >= 15 is 0 Å². The molecule has 0 saturated heterocycles. The zero-order valence-corrected chi connectivity index (χ0v) is 12.3. The molecule has 114 valence electrons. The maximum atomic E-state index is 13.7. The first-order chi connectivity index (χ1) is 9.70. The molecule has 0 aromatic heterocycles. The molecule has 1 rings (SSSR count). The zero-order chi connectivity index (χ0) is 14.8. The standard InChI is InChI=1S/C16H26F2N2/c1-2-3-4-5-6-7-8-12-15(20-19)13-10-9-11-14(17)16(13)18/h9-11,15,20H,2-8,12,19H2,1H3. The van der Waals surface area contributed by atoms with Crippen LogP contribution in [0.2, 0.25) is 0 Å². The minimum atomic E-state index is -0.817. The van der Waals surface area contributed by atoms with E-state index in [0.29, 0.717) is 5.56 Å². The summed E-state index contributed by atoms with van der Waals surface area (Å²) in [5, 5.41) is 0. The first-order valence-corrected chi connectivity index (χ1v) is 7.60. The largest absolute Gasteiger partial charge is 0.271 e. The van der Waals surface area contributed by atoms with Crippen molar-refractivity contribution >= 4 is 0 Å². The predicted molar refractivity (Wildman–Crippen MR) is 79.0 cm³/mol. The van der Waals surface area contributed by atoms with E-state index in [1.807, 2.05) is 0 Å². The second-order valence-electron chi connectivity index (χ2n) is 5.27. The van der Waals surface area contributed by atoms with Gasteiger partial charge in [0.05, 0.1) is 0 Å². The maximum absolute atomic E-state index is 13.7. The molecule has 0 spiro atoms. The summed E-state index contributed by atoms with van der Waals surface area (Å²) in [5.41, 5.74) is 2.91. The highest BCUT2D eigenvalue weighted by molar-refractivity contribution is 5.22. The van der Waals surface area contributed by atoms with Crippen molar-refractivity contribution in [3.8, 4) is 0 Å². The molecule has 1 unspecified atom stereocenters. The van der Waals surface area contributed by atoms with Crippen molar-refractivity contribution in [2.45, 2.75) is 64.3 Å². The van der Waals surface area contributed by atoms with Gasteiger partial charge < -0.3 is 0 Å². The summed E-state index contributed by atoms with van der Waals surface area (Å²) >= 11 is 0. The molecule has 0 aliphatic rings. The minimum absolute atomic E-state index is 0.318. The molecule has 0 saturated carbocycles. The topological polar surface area (TPSA) is 38.0 Å². The highest BCUT2D eigenvalue weighted by Crippen LogP contribution is 2.23. The van der Waals surface area contributed by atoms with Crippen molar-refractivity contribution in [1.82, 2.24) is 5.43 Å². The molecule has 4 heteroatoms. The molecule has 1 aromatic rings. The first kappa shape index (κ1) is 17.1. The molecule has 3 N–H and O–H groups in total. The monoisotopic (exact) mass is 284 g/mol. The number of hydrazine groups is 1. The Labute approximate surface area is 120 Å². The molecule has 0 amide bonds. The summed E-state index contributed by atoms with van der Waals surface area (Å²) in [4.78, 5) is 0. The molecule has 2 nitrogen and oxygen atoms in total. The molecular formula is C16H26F2N2. The molecule has 0 aliphatic carbocycles. The van der Waals surface area contributed by atoms with Crippen LogP contribution in [-0.4, -0.2) is 0 Å². The second-order valence-corrected chi connectivity index (χ2v) is 5.27. The third kappa shape index (κ3) is 5.55. The van der Waals surface area contributed by atoms with Crippen LogP contribution in [-0.2, 0) is 0 Å². The summed E-state index contributed by atoms with van der Waals surface area (Å²) in [6.07, 6.45) is 9.08. The van der Waals surface area contributed by atoms with Crippen LogP contribution in [0.3, 0.4) is 0 Å². The third-order valence-electron chi connectivity index (χ3n) is 3.65. The van der Waals surface area contributed by atoms with E-state index in [9.17, 15) is 8.78 Å². The van der Waals surface area contributed by atoms with Gasteiger partial charge in [-0.1, -0.05) is 64.0 Å². The molecular weight excluding hydrogens is 258 g/mol. The van der Waals surface area contributed by atoms with Gasteiger partial charge in [-0.2, -0.15) is 0 Å². The second kappa shape index (κ2) is 9.83. The number of hydrogen-bond donors (Lipinski definition) is 2. The van der Waals surface area contributed by atoms with Gasteiger partial charge in [0, 0.05) is 11.6 Å². The van der Waals surface area contributed by atoms with Gasteiger partial charge in [-0.15, -0.1) is 0 Å². The summed E-state index contributed by atoms with van der Waals surface area (Å²) < 4.78 is 26.9. The quantitative estimate of drug-likeness (QED) is 0.374. The SMILES string of the molecule is CCCCCCCCCC(NN)c1cccc(F)c1F. The van der Waals surface area contributed by atoms with Gasteiger partial charge in [-0.25, -0.2) is 8.78 Å². The highest BCUT2D eigenvalue weighted by atomic mass is 19.2. The number of benzene rings is 1. The lowest BCUT2D eigenvalue weighted by Gasteiger charge is -2.17. The number of unbranched alkanes of at least 4 members (excludes halogenated alkanes) is 6. The molecule has 0 aliphatic heterocycles. The number of rotatable bonds is 10. The molecule has 0 fully saturated rings. The van der Waals surface area contributed by atoms with E-state index in [4.69, 9.17) is 5.84 Å². The Morgan fingerprint density at radius 3 is 2.35 bits per heavy atom. The van der Waals surface area contributed by atoms with Gasteiger partial charge in [-0.3, -0.25) is 11.3 Å². The molecule has 1 atom stereocenters. The van der Waals surface area contributed by atoms with Crippen LogP contribution in [0, 0.1) is 11.6 Å². The van der Waals surface area contributed by atoms with Crippen molar-refractivity contribution in [3.05, 3.63) is 35.4 Å². The predicted octanol–water partition coefficient (Wildman–Crippen LogP) is 4.61. The van der Waals surface area contributed by atoms with Crippen molar-refractivity contribution in [3.63, 3.8) is 0 Å². The van der Waals surface area contributed by atoms with Gasteiger partial charge >= 0.3 is 0 Å². The first-order valence-electron chi connectivity index (χ1n) is 7.60. The van der Waals surface area contributed by atoms with Gasteiger partial charge in [0.15, 0.2) is 11.6 Å². The summed E-state index contributed by atoms with van der Waals surface area (Å²) in [6, 6.07) is 3.91. The molecule has 0 bridgehead atoms.